The summed E-state index contributed by atoms with van der Waals surface area (Å²) in [4.78, 5) is 31.3. The van der Waals surface area contributed by atoms with E-state index < -0.39 is 17.7 Å². The lowest BCUT2D eigenvalue weighted by Gasteiger charge is -2.36. The molecule has 1 saturated heterocycles. The Balaban J connectivity index is 1.96. The van der Waals surface area contributed by atoms with Gasteiger partial charge in [-0.25, -0.2) is 9.59 Å². The molecule has 0 aromatic heterocycles. The van der Waals surface area contributed by atoms with Gasteiger partial charge in [0.15, 0.2) is 0 Å². The van der Waals surface area contributed by atoms with E-state index in [1.807, 2.05) is 26.8 Å². The predicted molar refractivity (Wildman–Crippen MR) is 92.0 cm³/mol. The van der Waals surface area contributed by atoms with E-state index in [0.29, 0.717) is 31.9 Å². The molecule has 1 amide bonds. The third-order valence-electron chi connectivity index (χ3n) is 3.57. The number of likely N-dealkylation sites (N-methyl/N-ethyl adjacent to an activating group) is 1. The average molecular weight is 350 g/mol. The van der Waals surface area contributed by atoms with Gasteiger partial charge in [-0.3, -0.25) is 0 Å². The van der Waals surface area contributed by atoms with Gasteiger partial charge in [0.2, 0.25) is 0 Å². The molecule has 7 heteroatoms. The molecular formula is C18H26N2O5. The number of carbonyl (C=O) groups is 2. The lowest BCUT2D eigenvalue weighted by Crippen LogP contribution is -2.52. The molecule has 7 nitrogen and oxygen atoms in total. The largest absolute Gasteiger partial charge is 0.444 e. The lowest BCUT2D eigenvalue weighted by atomic mass is 10.2. The number of carbonyl (C=O) groups excluding carboxylic acids is 2. The van der Waals surface area contributed by atoms with Crippen LogP contribution in [0.2, 0.25) is 0 Å². The van der Waals surface area contributed by atoms with Crippen molar-refractivity contribution in [3.05, 3.63) is 35.9 Å². The highest BCUT2D eigenvalue weighted by atomic mass is 16.7. The fourth-order valence-corrected chi connectivity index (χ4v) is 2.37. The molecule has 0 radical (unpaired) electrons. The molecule has 1 aromatic rings. The van der Waals surface area contributed by atoms with Gasteiger partial charge in [-0.1, -0.05) is 18.2 Å². The van der Waals surface area contributed by atoms with Crippen molar-refractivity contribution in [3.8, 4) is 0 Å². The summed E-state index contributed by atoms with van der Waals surface area (Å²) < 4.78 is 10.8. The summed E-state index contributed by atoms with van der Waals surface area (Å²) in [6.07, 6.45) is -0.424. The van der Waals surface area contributed by atoms with E-state index in [2.05, 4.69) is 0 Å². The average Bonchev–Trinajstić information content (AvgIpc) is 2.55. The number of amides is 1. The number of hydrogen-bond acceptors (Lipinski definition) is 6. The second kappa shape index (κ2) is 8.31. The van der Waals surface area contributed by atoms with Gasteiger partial charge in [-0.05, 0) is 32.9 Å². The van der Waals surface area contributed by atoms with Crippen LogP contribution in [0.5, 0.6) is 0 Å². The first kappa shape index (κ1) is 19.2. The summed E-state index contributed by atoms with van der Waals surface area (Å²) in [7, 11) is 1.65. The van der Waals surface area contributed by atoms with Gasteiger partial charge >= 0.3 is 12.1 Å². The van der Waals surface area contributed by atoms with Crippen molar-refractivity contribution in [2.75, 3.05) is 33.4 Å². The van der Waals surface area contributed by atoms with Crippen molar-refractivity contribution in [2.24, 2.45) is 0 Å². The van der Waals surface area contributed by atoms with E-state index in [1.165, 1.54) is 4.90 Å². The molecule has 1 atom stereocenters. The normalized spacial score (nSPS) is 18.5. The molecule has 2 rings (SSSR count). The summed E-state index contributed by atoms with van der Waals surface area (Å²) in [6.45, 7) is 7.06. The van der Waals surface area contributed by atoms with Gasteiger partial charge in [-0.15, -0.1) is 5.06 Å². The van der Waals surface area contributed by atoms with Crippen molar-refractivity contribution in [3.63, 3.8) is 0 Å². The van der Waals surface area contributed by atoms with E-state index in [-0.39, 0.29) is 6.04 Å². The number of hydrogen-bond donors (Lipinski definition) is 0. The maximum absolute atomic E-state index is 12.3. The molecule has 138 valence electrons. The number of benzene rings is 1. The molecular weight excluding hydrogens is 324 g/mol. The SMILES string of the molecule is CN(C[C@H]1COCCN1OC(=O)c1ccccc1)C(=O)OC(C)(C)C. The summed E-state index contributed by atoms with van der Waals surface area (Å²) in [5.74, 6) is -0.424. The molecule has 1 aliphatic heterocycles. The third kappa shape index (κ3) is 6.03. The van der Waals surface area contributed by atoms with Gasteiger partial charge in [0.25, 0.3) is 0 Å². The Labute approximate surface area is 148 Å². The summed E-state index contributed by atoms with van der Waals surface area (Å²) in [5, 5.41) is 1.58. The lowest BCUT2D eigenvalue weighted by molar-refractivity contribution is -0.186. The smallest absolute Gasteiger partial charge is 0.410 e. The molecule has 1 fully saturated rings. The maximum Gasteiger partial charge on any atom is 0.410 e. The van der Waals surface area contributed by atoms with Crippen LogP contribution in [0.3, 0.4) is 0 Å². The van der Waals surface area contributed by atoms with Gasteiger partial charge < -0.3 is 19.2 Å². The number of hydroxylamine groups is 2. The van der Waals surface area contributed by atoms with E-state index in [1.54, 1.807) is 36.4 Å². The standard InChI is InChI=1S/C18H26N2O5/c1-18(2,3)24-17(22)19(4)12-15-13-23-11-10-20(15)25-16(21)14-8-6-5-7-9-14/h5-9,15H,10-13H2,1-4H3/t15-/m0/s1. The van der Waals surface area contributed by atoms with Gasteiger partial charge in [0, 0.05) is 13.6 Å². The van der Waals surface area contributed by atoms with Crippen LogP contribution in [0, 0.1) is 0 Å². The molecule has 0 spiro atoms. The Morgan fingerprint density at radius 2 is 1.96 bits per heavy atom. The fraction of sp³-hybridized carbons (Fsp3) is 0.556. The number of ether oxygens (including phenoxy) is 2. The van der Waals surface area contributed by atoms with Crippen LogP contribution in [0.25, 0.3) is 0 Å². The highest BCUT2D eigenvalue weighted by Gasteiger charge is 2.30. The van der Waals surface area contributed by atoms with Crippen LogP contribution in [0.15, 0.2) is 30.3 Å². The highest BCUT2D eigenvalue weighted by Crippen LogP contribution is 2.14. The van der Waals surface area contributed by atoms with Crippen LogP contribution in [0.1, 0.15) is 31.1 Å². The number of rotatable bonds is 4. The van der Waals surface area contributed by atoms with E-state index in [0.717, 1.165) is 0 Å². The summed E-state index contributed by atoms with van der Waals surface area (Å²) in [6, 6.07) is 8.55. The molecule has 1 aliphatic rings. The van der Waals surface area contributed by atoms with E-state index in [9.17, 15) is 9.59 Å². The zero-order chi connectivity index (χ0) is 18.4. The molecule has 0 saturated carbocycles. The molecule has 0 bridgehead atoms. The zero-order valence-electron chi connectivity index (χ0n) is 15.2. The molecule has 1 aromatic carbocycles. The minimum absolute atomic E-state index is 0.251. The fourth-order valence-electron chi connectivity index (χ4n) is 2.37. The summed E-state index contributed by atoms with van der Waals surface area (Å²) >= 11 is 0. The molecule has 0 N–H and O–H groups in total. The van der Waals surface area contributed by atoms with Crippen molar-refractivity contribution in [2.45, 2.75) is 32.4 Å². The third-order valence-corrected chi connectivity index (χ3v) is 3.57. The monoisotopic (exact) mass is 350 g/mol. The first-order valence-corrected chi connectivity index (χ1v) is 8.32. The Hall–Kier alpha value is -2.12. The van der Waals surface area contributed by atoms with Crippen molar-refractivity contribution < 1.29 is 23.9 Å². The quantitative estimate of drug-likeness (QED) is 0.830. The van der Waals surface area contributed by atoms with Crippen LogP contribution >= 0.6 is 0 Å². The van der Waals surface area contributed by atoms with Crippen molar-refractivity contribution >= 4 is 12.1 Å². The van der Waals surface area contributed by atoms with Crippen molar-refractivity contribution in [1.82, 2.24) is 9.96 Å². The second-order valence-electron chi connectivity index (χ2n) is 6.98. The van der Waals surface area contributed by atoms with Crippen molar-refractivity contribution in [1.29, 1.82) is 0 Å². The van der Waals surface area contributed by atoms with E-state index >= 15 is 0 Å². The van der Waals surface area contributed by atoms with Gasteiger partial charge in [0.1, 0.15) is 5.60 Å². The maximum atomic E-state index is 12.3. The van der Waals surface area contributed by atoms with Gasteiger partial charge in [0.05, 0.1) is 31.4 Å². The van der Waals surface area contributed by atoms with E-state index in [4.69, 9.17) is 14.3 Å². The van der Waals surface area contributed by atoms with Crippen LogP contribution in [-0.2, 0) is 14.3 Å². The first-order valence-electron chi connectivity index (χ1n) is 8.32. The zero-order valence-corrected chi connectivity index (χ0v) is 15.2. The summed E-state index contributed by atoms with van der Waals surface area (Å²) in [5.41, 5.74) is -0.0818. The second-order valence-corrected chi connectivity index (χ2v) is 6.98. The minimum atomic E-state index is -0.562. The van der Waals surface area contributed by atoms with Crippen LogP contribution in [0.4, 0.5) is 4.79 Å². The Bertz CT molecular complexity index is 585. The molecule has 1 heterocycles. The molecule has 0 aliphatic carbocycles. The Morgan fingerprint density at radius 1 is 1.28 bits per heavy atom. The number of nitrogens with zero attached hydrogens (tertiary/aromatic N) is 2. The predicted octanol–water partition coefficient (Wildman–Crippen LogP) is 2.33. The Kier molecular flexibility index (Phi) is 6.39. The minimum Gasteiger partial charge on any atom is -0.444 e. The highest BCUT2D eigenvalue weighted by molar-refractivity contribution is 5.89. The number of morpholine rings is 1. The topological polar surface area (TPSA) is 68.3 Å². The van der Waals surface area contributed by atoms with Crippen LogP contribution < -0.4 is 0 Å². The molecule has 0 unspecified atom stereocenters. The molecule has 25 heavy (non-hydrogen) atoms. The van der Waals surface area contributed by atoms with Gasteiger partial charge in [-0.2, -0.15) is 0 Å². The van der Waals surface area contributed by atoms with Crippen LogP contribution in [-0.4, -0.2) is 67.0 Å². The Morgan fingerprint density at radius 3 is 2.60 bits per heavy atom. The first-order chi connectivity index (χ1) is 11.8.